The highest BCUT2D eigenvalue weighted by Crippen LogP contribution is 2.17. The van der Waals surface area contributed by atoms with Gasteiger partial charge in [0.25, 0.3) is 0 Å². The van der Waals surface area contributed by atoms with Gasteiger partial charge in [0.1, 0.15) is 0 Å². The van der Waals surface area contributed by atoms with Crippen LogP contribution in [0, 0.1) is 0 Å². The van der Waals surface area contributed by atoms with Crippen molar-refractivity contribution in [2.45, 2.75) is 24.5 Å². The summed E-state index contributed by atoms with van der Waals surface area (Å²) in [5.74, 6) is 0. The number of hydrogen-bond acceptors (Lipinski definition) is 3. The maximum absolute atomic E-state index is 3.50. The van der Waals surface area contributed by atoms with Gasteiger partial charge in [-0.05, 0) is 7.05 Å². The molecule has 0 saturated carbocycles. The minimum absolute atomic E-state index is 0.647. The summed E-state index contributed by atoms with van der Waals surface area (Å²) in [6, 6.07) is 0. The van der Waals surface area contributed by atoms with Crippen LogP contribution >= 0.6 is 11.8 Å². The fourth-order valence-electron chi connectivity index (χ4n) is 1.27. The molecule has 11 heavy (non-hydrogen) atoms. The van der Waals surface area contributed by atoms with Crippen LogP contribution in [-0.2, 0) is 0 Å². The normalized spacial score (nSPS) is 27.8. The summed E-state index contributed by atoms with van der Waals surface area (Å²) in [6.45, 7) is 8.01. The zero-order valence-corrected chi connectivity index (χ0v) is 8.45. The SMILES string of the molecule is CC(C)SC1CN(C)CCN1. The van der Waals surface area contributed by atoms with Gasteiger partial charge in [0.15, 0.2) is 0 Å². The smallest absolute Gasteiger partial charge is 0.0664 e. The fraction of sp³-hybridized carbons (Fsp3) is 1.00. The number of piperazine rings is 1. The van der Waals surface area contributed by atoms with Crippen LogP contribution in [0.25, 0.3) is 0 Å². The highest BCUT2D eigenvalue weighted by molar-refractivity contribution is 8.00. The Hall–Kier alpha value is 0.270. The van der Waals surface area contributed by atoms with Gasteiger partial charge >= 0.3 is 0 Å². The third-order valence-corrected chi connectivity index (χ3v) is 2.97. The molecule has 1 heterocycles. The first-order valence-electron chi connectivity index (χ1n) is 4.26. The number of hydrogen-bond donors (Lipinski definition) is 1. The van der Waals surface area contributed by atoms with Gasteiger partial charge in [0.05, 0.1) is 5.37 Å². The zero-order valence-electron chi connectivity index (χ0n) is 7.63. The van der Waals surface area contributed by atoms with Crippen molar-refractivity contribution in [3.8, 4) is 0 Å². The van der Waals surface area contributed by atoms with Gasteiger partial charge in [-0.2, -0.15) is 0 Å². The monoisotopic (exact) mass is 174 g/mol. The van der Waals surface area contributed by atoms with E-state index < -0.39 is 0 Å². The summed E-state index contributed by atoms with van der Waals surface area (Å²) in [7, 11) is 2.19. The minimum Gasteiger partial charge on any atom is -0.303 e. The molecule has 1 saturated heterocycles. The molecule has 0 aromatic carbocycles. The topological polar surface area (TPSA) is 15.3 Å². The van der Waals surface area contributed by atoms with E-state index in [1.165, 1.54) is 13.1 Å². The van der Waals surface area contributed by atoms with Crippen molar-refractivity contribution in [3.63, 3.8) is 0 Å². The van der Waals surface area contributed by atoms with Crippen LogP contribution < -0.4 is 5.32 Å². The summed E-state index contributed by atoms with van der Waals surface area (Å²) < 4.78 is 0. The van der Waals surface area contributed by atoms with Gasteiger partial charge < -0.3 is 10.2 Å². The average molecular weight is 174 g/mol. The molecule has 0 amide bonds. The van der Waals surface area contributed by atoms with Crippen molar-refractivity contribution in [2.75, 3.05) is 26.7 Å². The van der Waals surface area contributed by atoms with E-state index in [1.807, 2.05) is 11.8 Å². The maximum Gasteiger partial charge on any atom is 0.0664 e. The quantitative estimate of drug-likeness (QED) is 0.672. The molecule has 0 aromatic heterocycles. The molecule has 1 N–H and O–H groups in total. The highest BCUT2D eigenvalue weighted by atomic mass is 32.2. The molecule has 3 heteroatoms. The van der Waals surface area contributed by atoms with E-state index in [9.17, 15) is 0 Å². The van der Waals surface area contributed by atoms with E-state index in [0.717, 1.165) is 11.8 Å². The molecule has 0 bridgehead atoms. The van der Waals surface area contributed by atoms with Crippen LogP contribution in [-0.4, -0.2) is 42.2 Å². The Balaban J connectivity index is 2.23. The molecule has 1 unspecified atom stereocenters. The van der Waals surface area contributed by atoms with E-state index in [2.05, 4.69) is 31.1 Å². The van der Waals surface area contributed by atoms with Gasteiger partial charge in [0, 0.05) is 24.9 Å². The summed E-state index contributed by atoms with van der Waals surface area (Å²) >= 11 is 2.03. The second-order valence-electron chi connectivity index (χ2n) is 3.39. The third-order valence-electron chi connectivity index (χ3n) is 1.78. The number of rotatable bonds is 2. The molecule has 1 aliphatic rings. The molecule has 1 atom stereocenters. The lowest BCUT2D eigenvalue weighted by Gasteiger charge is -2.31. The largest absolute Gasteiger partial charge is 0.303 e. The third kappa shape index (κ3) is 3.45. The number of nitrogens with one attached hydrogen (secondary N) is 1. The molecule has 2 nitrogen and oxygen atoms in total. The van der Waals surface area contributed by atoms with Crippen molar-refractivity contribution < 1.29 is 0 Å². The second-order valence-corrected chi connectivity index (χ2v) is 5.17. The van der Waals surface area contributed by atoms with E-state index in [-0.39, 0.29) is 0 Å². The van der Waals surface area contributed by atoms with Gasteiger partial charge in [-0.15, -0.1) is 11.8 Å². The standard InChI is InChI=1S/C8H18N2S/c1-7(2)11-8-6-10(3)5-4-9-8/h7-9H,4-6H2,1-3H3. The number of likely N-dealkylation sites (N-methyl/N-ethyl adjacent to an activating group) is 1. The van der Waals surface area contributed by atoms with Gasteiger partial charge in [0.2, 0.25) is 0 Å². The highest BCUT2D eigenvalue weighted by Gasteiger charge is 2.17. The Bertz CT molecular complexity index is 115. The Morgan fingerprint density at radius 1 is 1.55 bits per heavy atom. The van der Waals surface area contributed by atoms with Crippen molar-refractivity contribution >= 4 is 11.8 Å². The fourth-order valence-corrected chi connectivity index (χ4v) is 2.49. The lowest BCUT2D eigenvalue weighted by atomic mass is 10.4. The van der Waals surface area contributed by atoms with Crippen LogP contribution in [0.4, 0.5) is 0 Å². The number of nitrogens with zero attached hydrogens (tertiary/aromatic N) is 1. The van der Waals surface area contributed by atoms with Crippen molar-refractivity contribution in [3.05, 3.63) is 0 Å². The first-order valence-corrected chi connectivity index (χ1v) is 5.20. The summed E-state index contributed by atoms with van der Waals surface area (Å²) in [4.78, 5) is 2.39. The predicted molar refractivity (Wildman–Crippen MR) is 52.0 cm³/mol. The predicted octanol–water partition coefficient (Wildman–Crippen LogP) is 0.989. The second kappa shape index (κ2) is 4.33. The van der Waals surface area contributed by atoms with Gasteiger partial charge in [-0.1, -0.05) is 13.8 Å². The van der Waals surface area contributed by atoms with Crippen LogP contribution in [0.1, 0.15) is 13.8 Å². The number of thioether (sulfide) groups is 1. The molecule has 1 aliphatic heterocycles. The van der Waals surface area contributed by atoms with E-state index in [0.29, 0.717) is 5.37 Å². The molecule has 1 rings (SSSR count). The zero-order chi connectivity index (χ0) is 8.27. The van der Waals surface area contributed by atoms with Gasteiger partial charge in [-0.25, -0.2) is 0 Å². The minimum atomic E-state index is 0.647. The van der Waals surface area contributed by atoms with E-state index >= 15 is 0 Å². The Labute approximate surface area is 73.7 Å². The van der Waals surface area contributed by atoms with Crippen molar-refractivity contribution in [1.29, 1.82) is 0 Å². The van der Waals surface area contributed by atoms with Crippen LogP contribution in [0.2, 0.25) is 0 Å². The van der Waals surface area contributed by atoms with Crippen LogP contribution in [0.3, 0.4) is 0 Å². The molecule has 0 aliphatic carbocycles. The maximum atomic E-state index is 3.50. The van der Waals surface area contributed by atoms with E-state index in [4.69, 9.17) is 0 Å². The first-order chi connectivity index (χ1) is 5.18. The van der Waals surface area contributed by atoms with E-state index in [1.54, 1.807) is 0 Å². The van der Waals surface area contributed by atoms with Crippen molar-refractivity contribution in [1.82, 2.24) is 10.2 Å². The lowest BCUT2D eigenvalue weighted by Crippen LogP contribution is -2.47. The molecular weight excluding hydrogens is 156 g/mol. The molecule has 1 fully saturated rings. The first kappa shape index (κ1) is 9.36. The Kier molecular flexibility index (Phi) is 3.69. The average Bonchev–Trinajstić information content (AvgIpc) is 1.85. The molecule has 66 valence electrons. The molecule has 0 aromatic rings. The molecular formula is C8H18N2S. The van der Waals surface area contributed by atoms with Crippen molar-refractivity contribution in [2.24, 2.45) is 0 Å². The molecule has 0 spiro atoms. The lowest BCUT2D eigenvalue weighted by molar-refractivity contribution is 0.278. The molecule has 0 radical (unpaired) electrons. The Morgan fingerprint density at radius 2 is 2.27 bits per heavy atom. The summed E-state index contributed by atoms with van der Waals surface area (Å²) in [5, 5.41) is 4.88. The summed E-state index contributed by atoms with van der Waals surface area (Å²) in [5.41, 5.74) is 0. The summed E-state index contributed by atoms with van der Waals surface area (Å²) in [6.07, 6.45) is 0. The Morgan fingerprint density at radius 3 is 2.82 bits per heavy atom. The van der Waals surface area contributed by atoms with Crippen LogP contribution in [0.15, 0.2) is 0 Å². The van der Waals surface area contributed by atoms with Gasteiger partial charge in [-0.3, -0.25) is 0 Å². The van der Waals surface area contributed by atoms with Crippen LogP contribution in [0.5, 0.6) is 0 Å².